The molecule has 0 aliphatic heterocycles. The Morgan fingerprint density at radius 1 is 1.29 bits per heavy atom. The third-order valence-electron chi connectivity index (χ3n) is 3.89. The lowest BCUT2D eigenvalue weighted by atomic mass is 9.99. The van der Waals surface area contributed by atoms with Crippen LogP contribution in [0.4, 0.5) is 0 Å². The van der Waals surface area contributed by atoms with E-state index in [0.29, 0.717) is 12.1 Å². The smallest absolute Gasteiger partial charge is 0.0472 e. The maximum atomic E-state index is 3.45. The zero-order valence-corrected chi connectivity index (χ0v) is 11.2. The molecule has 17 heavy (non-hydrogen) atoms. The van der Waals surface area contributed by atoms with Crippen molar-refractivity contribution in [1.82, 2.24) is 10.2 Å². The van der Waals surface area contributed by atoms with Gasteiger partial charge in [0, 0.05) is 18.6 Å². The molecule has 0 amide bonds. The van der Waals surface area contributed by atoms with Crippen molar-refractivity contribution in [3.05, 3.63) is 35.9 Å². The van der Waals surface area contributed by atoms with Crippen molar-refractivity contribution >= 4 is 0 Å². The minimum absolute atomic E-state index is 0.417. The highest BCUT2D eigenvalue weighted by Crippen LogP contribution is 2.31. The van der Waals surface area contributed by atoms with Crippen molar-refractivity contribution in [3.8, 4) is 0 Å². The molecule has 0 radical (unpaired) electrons. The summed E-state index contributed by atoms with van der Waals surface area (Å²) in [4.78, 5) is 2.49. The molecule has 2 nitrogen and oxygen atoms in total. The number of likely N-dealkylation sites (N-methyl/N-ethyl adjacent to an activating group) is 2. The summed E-state index contributed by atoms with van der Waals surface area (Å²) in [7, 11) is 4.30. The van der Waals surface area contributed by atoms with Gasteiger partial charge in [-0.3, -0.25) is 0 Å². The number of benzene rings is 1. The summed E-state index contributed by atoms with van der Waals surface area (Å²) in [6.07, 6.45) is 2.85. The predicted molar refractivity (Wildman–Crippen MR) is 73.1 cm³/mol. The zero-order valence-electron chi connectivity index (χ0n) is 11.2. The number of hydrogen-bond donors (Lipinski definition) is 1. The molecule has 0 saturated heterocycles. The van der Waals surface area contributed by atoms with Gasteiger partial charge >= 0.3 is 0 Å². The Balaban J connectivity index is 2.01. The molecule has 2 unspecified atom stereocenters. The van der Waals surface area contributed by atoms with Gasteiger partial charge in [0.25, 0.3) is 0 Å². The Morgan fingerprint density at radius 2 is 1.94 bits per heavy atom. The van der Waals surface area contributed by atoms with Gasteiger partial charge in [0.2, 0.25) is 0 Å². The lowest BCUT2D eigenvalue weighted by Crippen LogP contribution is -2.40. The van der Waals surface area contributed by atoms with Crippen molar-refractivity contribution in [2.45, 2.75) is 31.8 Å². The molecule has 1 saturated carbocycles. The third kappa shape index (κ3) is 3.30. The Hall–Kier alpha value is -0.860. The summed E-state index contributed by atoms with van der Waals surface area (Å²) in [6, 6.07) is 11.7. The molecule has 0 aromatic heterocycles. The molecule has 1 fully saturated rings. The van der Waals surface area contributed by atoms with Gasteiger partial charge in [0.05, 0.1) is 0 Å². The Bertz CT molecular complexity index is 332. The first-order chi connectivity index (χ1) is 8.22. The van der Waals surface area contributed by atoms with E-state index >= 15 is 0 Å². The van der Waals surface area contributed by atoms with E-state index in [0.717, 1.165) is 5.92 Å². The quantitative estimate of drug-likeness (QED) is 0.811. The third-order valence-corrected chi connectivity index (χ3v) is 3.89. The molecule has 2 rings (SSSR count). The number of nitrogens with zero attached hydrogens (tertiary/aromatic N) is 1. The second-order valence-corrected chi connectivity index (χ2v) is 5.30. The first-order valence-electron chi connectivity index (χ1n) is 6.65. The van der Waals surface area contributed by atoms with Gasteiger partial charge < -0.3 is 10.2 Å². The summed E-state index contributed by atoms with van der Waals surface area (Å²) in [5.74, 6) is 0.954. The average molecular weight is 232 g/mol. The highest BCUT2D eigenvalue weighted by atomic mass is 15.2. The fourth-order valence-corrected chi connectivity index (χ4v) is 2.48. The van der Waals surface area contributed by atoms with E-state index in [1.54, 1.807) is 0 Å². The molecular weight excluding hydrogens is 208 g/mol. The summed E-state index contributed by atoms with van der Waals surface area (Å²) >= 11 is 0. The topological polar surface area (TPSA) is 15.3 Å². The molecule has 1 aromatic carbocycles. The van der Waals surface area contributed by atoms with Crippen LogP contribution in [0.15, 0.2) is 30.3 Å². The lowest BCUT2D eigenvalue weighted by molar-refractivity contribution is 0.204. The van der Waals surface area contributed by atoms with Gasteiger partial charge in [-0.15, -0.1) is 0 Å². The van der Waals surface area contributed by atoms with Gasteiger partial charge in [-0.2, -0.15) is 0 Å². The summed E-state index contributed by atoms with van der Waals surface area (Å²) in [5.41, 5.74) is 1.38. The van der Waals surface area contributed by atoms with Crippen LogP contribution in [0.1, 0.15) is 31.4 Å². The van der Waals surface area contributed by atoms with Gasteiger partial charge in [-0.1, -0.05) is 30.3 Å². The van der Waals surface area contributed by atoms with Crippen LogP contribution in [0, 0.1) is 5.92 Å². The second-order valence-electron chi connectivity index (χ2n) is 5.30. The van der Waals surface area contributed by atoms with Gasteiger partial charge in [0.15, 0.2) is 0 Å². The van der Waals surface area contributed by atoms with E-state index in [-0.39, 0.29) is 0 Å². The van der Waals surface area contributed by atoms with E-state index in [2.05, 4.69) is 61.6 Å². The van der Waals surface area contributed by atoms with E-state index < -0.39 is 0 Å². The molecule has 1 N–H and O–H groups in total. The standard InChI is InChI=1S/C15H24N2/c1-12(17(3)11-13-9-10-13)15(16-2)14-7-5-4-6-8-14/h4-8,12-13,15-16H,9-11H2,1-3H3. The van der Waals surface area contributed by atoms with Crippen LogP contribution < -0.4 is 5.32 Å². The molecule has 0 bridgehead atoms. The van der Waals surface area contributed by atoms with Gasteiger partial charge in [-0.25, -0.2) is 0 Å². The summed E-state index contributed by atoms with van der Waals surface area (Å²) in [6.45, 7) is 3.56. The SMILES string of the molecule is CNC(c1ccccc1)C(C)N(C)CC1CC1. The van der Waals surface area contributed by atoms with Crippen LogP contribution in [0.3, 0.4) is 0 Å². The normalized spacial score (nSPS) is 19.3. The molecule has 0 heterocycles. The lowest BCUT2D eigenvalue weighted by Gasteiger charge is -2.32. The minimum Gasteiger partial charge on any atom is -0.312 e. The molecule has 1 aliphatic rings. The summed E-state index contributed by atoms with van der Waals surface area (Å²) in [5, 5.41) is 3.45. The second kappa shape index (κ2) is 5.65. The van der Waals surface area contributed by atoms with Crippen LogP contribution in [0.2, 0.25) is 0 Å². The van der Waals surface area contributed by atoms with Gasteiger partial charge in [-0.05, 0) is 45.3 Å². The maximum absolute atomic E-state index is 3.45. The van der Waals surface area contributed by atoms with Crippen LogP contribution in [-0.2, 0) is 0 Å². The summed E-state index contributed by atoms with van der Waals surface area (Å²) < 4.78 is 0. The molecule has 2 heteroatoms. The van der Waals surface area contributed by atoms with E-state index in [1.807, 2.05) is 0 Å². The Labute approximate surface area is 105 Å². The molecule has 94 valence electrons. The van der Waals surface area contributed by atoms with E-state index in [1.165, 1.54) is 24.9 Å². The van der Waals surface area contributed by atoms with Crippen LogP contribution in [0.25, 0.3) is 0 Å². The highest BCUT2D eigenvalue weighted by molar-refractivity contribution is 5.20. The van der Waals surface area contributed by atoms with Crippen molar-refractivity contribution in [2.75, 3.05) is 20.6 Å². The monoisotopic (exact) mass is 232 g/mol. The van der Waals surface area contributed by atoms with Crippen molar-refractivity contribution < 1.29 is 0 Å². The van der Waals surface area contributed by atoms with Gasteiger partial charge in [0.1, 0.15) is 0 Å². The van der Waals surface area contributed by atoms with Crippen molar-refractivity contribution in [2.24, 2.45) is 5.92 Å². The zero-order chi connectivity index (χ0) is 12.3. The molecule has 0 spiro atoms. The predicted octanol–water partition coefficient (Wildman–Crippen LogP) is 2.68. The Kier molecular flexibility index (Phi) is 4.19. The highest BCUT2D eigenvalue weighted by Gasteiger charge is 2.27. The molecule has 1 aliphatic carbocycles. The van der Waals surface area contributed by atoms with Crippen LogP contribution >= 0.6 is 0 Å². The Morgan fingerprint density at radius 3 is 2.47 bits per heavy atom. The molecule has 2 atom stereocenters. The number of nitrogens with one attached hydrogen (secondary N) is 1. The van der Waals surface area contributed by atoms with Crippen LogP contribution in [-0.4, -0.2) is 31.6 Å². The molecular formula is C15H24N2. The fraction of sp³-hybridized carbons (Fsp3) is 0.600. The minimum atomic E-state index is 0.417. The first kappa shape index (κ1) is 12.6. The van der Waals surface area contributed by atoms with Crippen LogP contribution in [0.5, 0.6) is 0 Å². The maximum Gasteiger partial charge on any atom is 0.0472 e. The van der Waals surface area contributed by atoms with E-state index in [9.17, 15) is 0 Å². The largest absolute Gasteiger partial charge is 0.312 e. The fourth-order valence-electron chi connectivity index (χ4n) is 2.48. The molecule has 1 aromatic rings. The number of rotatable bonds is 6. The van der Waals surface area contributed by atoms with Crippen molar-refractivity contribution in [3.63, 3.8) is 0 Å². The number of hydrogen-bond acceptors (Lipinski definition) is 2. The first-order valence-corrected chi connectivity index (χ1v) is 6.65. The average Bonchev–Trinajstić information content (AvgIpc) is 3.15. The van der Waals surface area contributed by atoms with E-state index in [4.69, 9.17) is 0 Å². The van der Waals surface area contributed by atoms with Crippen molar-refractivity contribution in [1.29, 1.82) is 0 Å².